The van der Waals surface area contributed by atoms with Gasteiger partial charge in [-0.2, -0.15) is 0 Å². The number of aromatic nitrogens is 1. The molecule has 0 saturated heterocycles. The number of hydrogen-bond acceptors (Lipinski definition) is 3. The fraction of sp³-hybridized carbons (Fsp3) is 0.182. The summed E-state index contributed by atoms with van der Waals surface area (Å²) in [5.41, 5.74) is 0. The van der Waals surface area contributed by atoms with Crippen LogP contribution in [0.15, 0.2) is 23.7 Å². The SMILES string of the molecule is C#CCCNc1nccc2sccc12. The predicted molar refractivity (Wildman–Crippen MR) is 61.6 cm³/mol. The fourth-order valence-corrected chi connectivity index (χ4v) is 2.07. The monoisotopic (exact) mass is 202 g/mol. The number of anilines is 1. The maximum Gasteiger partial charge on any atom is 0.134 e. The molecule has 0 aliphatic heterocycles. The van der Waals surface area contributed by atoms with Crippen molar-refractivity contribution in [3.05, 3.63) is 23.7 Å². The van der Waals surface area contributed by atoms with Crippen molar-refractivity contribution in [3.63, 3.8) is 0 Å². The van der Waals surface area contributed by atoms with Crippen molar-refractivity contribution in [1.29, 1.82) is 0 Å². The molecule has 0 atom stereocenters. The van der Waals surface area contributed by atoms with E-state index in [1.807, 2.05) is 12.3 Å². The summed E-state index contributed by atoms with van der Waals surface area (Å²) in [5.74, 6) is 3.52. The van der Waals surface area contributed by atoms with E-state index < -0.39 is 0 Å². The zero-order valence-corrected chi connectivity index (χ0v) is 8.47. The first kappa shape index (κ1) is 9.04. The second kappa shape index (κ2) is 4.12. The van der Waals surface area contributed by atoms with Gasteiger partial charge in [0.1, 0.15) is 5.82 Å². The third-order valence-corrected chi connectivity index (χ3v) is 2.82. The Morgan fingerprint density at radius 1 is 1.50 bits per heavy atom. The molecule has 3 heteroatoms. The Morgan fingerprint density at radius 3 is 3.29 bits per heavy atom. The summed E-state index contributed by atoms with van der Waals surface area (Å²) in [6.45, 7) is 0.776. The van der Waals surface area contributed by atoms with E-state index >= 15 is 0 Å². The average molecular weight is 202 g/mol. The van der Waals surface area contributed by atoms with Crippen LogP contribution in [-0.2, 0) is 0 Å². The molecule has 0 saturated carbocycles. The van der Waals surface area contributed by atoms with Gasteiger partial charge in [-0.05, 0) is 17.5 Å². The largest absolute Gasteiger partial charge is 0.369 e. The standard InChI is InChI=1S/C11H10N2S/c1-2-3-6-12-11-9-5-8-14-10(9)4-7-13-11/h1,4-5,7-8H,3,6H2,(H,12,13). The van der Waals surface area contributed by atoms with Gasteiger partial charge >= 0.3 is 0 Å². The van der Waals surface area contributed by atoms with E-state index in [2.05, 4.69) is 27.7 Å². The minimum atomic E-state index is 0.724. The Labute approximate surface area is 87.0 Å². The van der Waals surface area contributed by atoms with E-state index in [0.29, 0.717) is 0 Å². The summed E-state index contributed by atoms with van der Waals surface area (Å²) < 4.78 is 1.25. The highest BCUT2D eigenvalue weighted by atomic mass is 32.1. The quantitative estimate of drug-likeness (QED) is 0.611. The molecule has 0 amide bonds. The van der Waals surface area contributed by atoms with Crippen molar-refractivity contribution >= 4 is 27.2 Å². The van der Waals surface area contributed by atoms with Crippen LogP contribution in [-0.4, -0.2) is 11.5 Å². The number of nitrogens with zero attached hydrogens (tertiary/aromatic N) is 1. The molecule has 2 aromatic rings. The van der Waals surface area contributed by atoms with Crippen molar-refractivity contribution in [1.82, 2.24) is 4.98 Å². The highest BCUT2D eigenvalue weighted by Crippen LogP contribution is 2.25. The van der Waals surface area contributed by atoms with Crippen LogP contribution in [0, 0.1) is 12.3 Å². The van der Waals surface area contributed by atoms with Crippen LogP contribution < -0.4 is 5.32 Å². The molecule has 0 bridgehead atoms. The molecular formula is C11H10N2S. The fourth-order valence-electron chi connectivity index (χ4n) is 1.29. The normalized spacial score (nSPS) is 9.93. The van der Waals surface area contributed by atoms with Crippen LogP contribution in [0.3, 0.4) is 0 Å². The number of thiophene rings is 1. The van der Waals surface area contributed by atoms with Crippen molar-refractivity contribution in [2.45, 2.75) is 6.42 Å². The lowest BCUT2D eigenvalue weighted by Gasteiger charge is -2.03. The van der Waals surface area contributed by atoms with E-state index in [1.54, 1.807) is 11.3 Å². The summed E-state index contributed by atoms with van der Waals surface area (Å²) in [7, 11) is 0. The minimum Gasteiger partial charge on any atom is -0.369 e. The summed E-state index contributed by atoms with van der Waals surface area (Å²) >= 11 is 1.72. The molecule has 2 heterocycles. The van der Waals surface area contributed by atoms with Crippen LogP contribution in [0.2, 0.25) is 0 Å². The van der Waals surface area contributed by atoms with Crippen LogP contribution in [0.4, 0.5) is 5.82 Å². The maximum atomic E-state index is 5.18. The third kappa shape index (κ3) is 1.70. The van der Waals surface area contributed by atoms with Crippen LogP contribution >= 0.6 is 11.3 Å². The van der Waals surface area contributed by atoms with Crippen molar-refractivity contribution in [3.8, 4) is 12.3 Å². The van der Waals surface area contributed by atoms with Crippen LogP contribution in [0.5, 0.6) is 0 Å². The predicted octanol–water partition coefficient (Wildman–Crippen LogP) is 2.73. The van der Waals surface area contributed by atoms with Gasteiger partial charge < -0.3 is 5.32 Å². The number of fused-ring (bicyclic) bond motifs is 1. The van der Waals surface area contributed by atoms with Gasteiger partial charge in [0.15, 0.2) is 0 Å². The molecule has 0 aliphatic carbocycles. The molecule has 70 valence electrons. The van der Waals surface area contributed by atoms with Gasteiger partial charge in [0.2, 0.25) is 0 Å². The number of terminal acetylenes is 1. The second-order valence-corrected chi connectivity index (χ2v) is 3.82. The number of rotatable bonds is 3. The van der Waals surface area contributed by atoms with E-state index in [9.17, 15) is 0 Å². The number of hydrogen-bond donors (Lipinski definition) is 1. The molecule has 2 rings (SSSR count). The third-order valence-electron chi connectivity index (χ3n) is 1.94. The summed E-state index contributed by atoms with van der Waals surface area (Å²) in [6.07, 6.45) is 7.72. The van der Waals surface area contributed by atoms with Crippen LogP contribution in [0.25, 0.3) is 10.1 Å². The lowest BCUT2D eigenvalue weighted by atomic mass is 10.3. The second-order valence-electron chi connectivity index (χ2n) is 2.87. The summed E-state index contributed by atoms with van der Waals surface area (Å²) in [4.78, 5) is 4.28. The Morgan fingerprint density at radius 2 is 2.43 bits per heavy atom. The highest BCUT2D eigenvalue weighted by Gasteiger charge is 2.01. The molecule has 1 N–H and O–H groups in total. The Bertz CT molecular complexity index is 467. The maximum absolute atomic E-state index is 5.18. The minimum absolute atomic E-state index is 0.724. The van der Waals surface area contributed by atoms with Gasteiger partial charge in [0.25, 0.3) is 0 Å². The average Bonchev–Trinajstić information content (AvgIpc) is 2.67. The summed E-state index contributed by atoms with van der Waals surface area (Å²) in [6, 6.07) is 4.09. The van der Waals surface area contributed by atoms with Crippen molar-refractivity contribution in [2.24, 2.45) is 0 Å². The molecule has 0 fully saturated rings. The molecule has 2 aromatic heterocycles. The smallest absolute Gasteiger partial charge is 0.134 e. The molecule has 0 radical (unpaired) electrons. The van der Waals surface area contributed by atoms with Gasteiger partial charge in [-0.3, -0.25) is 0 Å². The Balaban J connectivity index is 2.24. The lowest BCUT2D eigenvalue weighted by Crippen LogP contribution is -2.01. The van der Waals surface area contributed by atoms with Gasteiger partial charge in [-0.25, -0.2) is 4.98 Å². The van der Waals surface area contributed by atoms with Gasteiger partial charge in [0.05, 0.1) is 0 Å². The Kier molecular flexibility index (Phi) is 2.66. The highest BCUT2D eigenvalue weighted by molar-refractivity contribution is 7.17. The first-order valence-corrected chi connectivity index (χ1v) is 5.29. The first-order chi connectivity index (χ1) is 6.92. The molecule has 14 heavy (non-hydrogen) atoms. The van der Waals surface area contributed by atoms with E-state index in [4.69, 9.17) is 6.42 Å². The van der Waals surface area contributed by atoms with E-state index in [0.717, 1.165) is 18.8 Å². The van der Waals surface area contributed by atoms with E-state index in [-0.39, 0.29) is 0 Å². The molecule has 2 nitrogen and oxygen atoms in total. The molecule has 0 unspecified atom stereocenters. The Hall–Kier alpha value is -1.53. The molecule has 0 spiro atoms. The van der Waals surface area contributed by atoms with Crippen molar-refractivity contribution < 1.29 is 0 Å². The van der Waals surface area contributed by atoms with Gasteiger partial charge in [-0.1, -0.05) is 0 Å². The van der Waals surface area contributed by atoms with Gasteiger partial charge in [0, 0.05) is 29.2 Å². The topological polar surface area (TPSA) is 24.9 Å². The van der Waals surface area contributed by atoms with Crippen molar-refractivity contribution in [2.75, 3.05) is 11.9 Å². The zero-order valence-electron chi connectivity index (χ0n) is 7.66. The van der Waals surface area contributed by atoms with Crippen LogP contribution in [0.1, 0.15) is 6.42 Å². The number of pyridine rings is 1. The lowest BCUT2D eigenvalue weighted by molar-refractivity contribution is 1.08. The summed E-state index contributed by atoms with van der Waals surface area (Å²) in [5, 5.41) is 6.47. The molecule has 0 aromatic carbocycles. The van der Waals surface area contributed by atoms with E-state index in [1.165, 1.54) is 10.1 Å². The zero-order chi connectivity index (χ0) is 9.80. The molecular weight excluding hydrogens is 192 g/mol. The first-order valence-electron chi connectivity index (χ1n) is 4.41. The number of nitrogens with one attached hydrogen (secondary N) is 1. The molecule has 0 aliphatic rings. The van der Waals surface area contributed by atoms with Gasteiger partial charge in [-0.15, -0.1) is 23.7 Å².